The summed E-state index contributed by atoms with van der Waals surface area (Å²) in [5, 5.41) is 1.41. The number of amides is 1. The topological polar surface area (TPSA) is 45.6 Å². The molecule has 2 heterocycles. The molecule has 0 N–H and O–H groups in total. The fourth-order valence-electron chi connectivity index (χ4n) is 3.94. The summed E-state index contributed by atoms with van der Waals surface area (Å²) < 4.78 is 2.57. The molecule has 1 aliphatic heterocycles. The highest BCUT2D eigenvalue weighted by atomic mass is 35.5. The second-order valence-corrected chi connectivity index (χ2v) is 8.84. The van der Waals surface area contributed by atoms with E-state index in [1.54, 1.807) is 3.96 Å². The molecule has 0 aliphatic carbocycles. The van der Waals surface area contributed by atoms with Crippen LogP contribution in [0.5, 0.6) is 0 Å². The van der Waals surface area contributed by atoms with Crippen molar-refractivity contribution in [3.63, 3.8) is 0 Å². The summed E-state index contributed by atoms with van der Waals surface area (Å²) in [6, 6.07) is 13.0. The van der Waals surface area contributed by atoms with Gasteiger partial charge in [-0.05, 0) is 43.2 Å². The summed E-state index contributed by atoms with van der Waals surface area (Å²) in [6.45, 7) is 6.83. The SMILES string of the molecule is CC[C@@H](C(=O)N1CCN(c2cc(Cl)ccc2C)CC1)n1sc2ccccc2c1=O. The number of aryl methyl sites for hydroxylation is 1. The zero-order chi connectivity index (χ0) is 20.5. The molecule has 3 aromatic rings. The highest BCUT2D eigenvalue weighted by Crippen LogP contribution is 2.27. The van der Waals surface area contributed by atoms with Gasteiger partial charge in [0.25, 0.3) is 5.56 Å². The molecule has 0 radical (unpaired) electrons. The van der Waals surface area contributed by atoms with Crippen LogP contribution < -0.4 is 10.5 Å². The quantitative estimate of drug-likeness (QED) is 0.620. The number of aromatic nitrogens is 1. The predicted molar refractivity (Wildman–Crippen MR) is 120 cm³/mol. The Hall–Kier alpha value is -2.31. The van der Waals surface area contributed by atoms with Crippen molar-refractivity contribution >= 4 is 44.8 Å². The molecule has 1 fully saturated rings. The van der Waals surface area contributed by atoms with Crippen molar-refractivity contribution in [2.24, 2.45) is 0 Å². The van der Waals surface area contributed by atoms with Crippen molar-refractivity contribution in [1.29, 1.82) is 0 Å². The Labute approximate surface area is 179 Å². The van der Waals surface area contributed by atoms with Gasteiger partial charge in [0.15, 0.2) is 0 Å². The largest absolute Gasteiger partial charge is 0.368 e. The zero-order valence-corrected chi connectivity index (χ0v) is 18.2. The van der Waals surface area contributed by atoms with Crippen molar-refractivity contribution < 1.29 is 4.79 Å². The minimum Gasteiger partial charge on any atom is -0.368 e. The molecule has 152 valence electrons. The smallest absolute Gasteiger partial charge is 0.269 e. The van der Waals surface area contributed by atoms with Crippen molar-refractivity contribution in [2.75, 3.05) is 31.1 Å². The molecule has 0 bridgehead atoms. The van der Waals surface area contributed by atoms with E-state index in [0.717, 1.165) is 28.5 Å². The second-order valence-electron chi connectivity index (χ2n) is 7.39. The maximum absolute atomic E-state index is 13.3. The van der Waals surface area contributed by atoms with E-state index >= 15 is 0 Å². The van der Waals surface area contributed by atoms with Gasteiger partial charge in [0.2, 0.25) is 5.91 Å². The monoisotopic (exact) mass is 429 g/mol. The maximum Gasteiger partial charge on any atom is 0.269 e. The molecule has 0 spiro atoms. The number of anilines is 1. The maximum atomic E-state index is 13.3. The van der Waals surface area contributed by atoms with Crippen LogP contribution in [0, 0.1) is 6.92 Å². The van der Waals surface area contributed by atoms with Crippen molar-refractivity contribution in [3.05, 3.63) is 63.4 Å². The Kier molecular flexibility index (Phi) is 5.65. The number of carbonyl (C=O) groups excluding carboxylic acids is 1. The Bertz CT molecular complexity index is 1100. The molecule has 7 heteroatoms. The fourth-order valence-corrected chi connectivity index (χ4v) is 5.26. The highest BCUT2D eigenvalue weighted by Gasteiger charge is 2.30. The minimum absolute atomic E-state index is 0.0311. The molecule has 5 nitrogen and oxygen atoms in total. The van der Waals surface area contributed by atoms with Crippen LogP contribution in [0.1, 0.15) is 24.9 Å². The van der Waals surface area contributed by atoms with E-state index in [0.29, 0.717) is 24.9 Å². The van der Waals surface area contributed by atoms with Crippen LogP contribution in [-0.4, -0.2) is 40.9 Å². The van der Waals surface area contributed by atoms with Crippen molar-refractivity contribution in [1.82, 2.24) is 8.86 Å². The lowest BCUT2D eigenvalue weighted by atomic mass is 10.1. The zero-order valence-electron chi connectivity index (χ0n) is 16.6. The lowest BCUT2D eigenvalue weighted by Gasteiger charge is -2.38. The molecule has 0 saturated carbocycles. The standard InChI is InChI=1S/C22H24ClN3O2S/c1-3-18(26-21(27)17-6-4-5-7-20(17)29-26)22(28)25-12-10-24(11-13-25)19-14-16(23)9-8-15(19)2/h4-9,14,18H,3,10-13H2,1-2H3/t18-/m0/s1. The number of hydrogen-bond donors (Lipinski definition) is 0. The first-order valence-electron chi connectivity index (χ1n) is 9.90. The van der Waals surface area contributed by atoms with E-state index < -0.39 is 6.04 Å². The second kappa shape index (κ2) is 8.20. The van der Waals surface area contributed by atoms with Gasteiger partial charge in [-0.15, -0.1) is 0 Å². The fraction of sp³-hybridized carbons (Fsp3) is 0.364. The molecule has 1 saturated heterocycles. The van der Waals surface area contributed by atoms with Crippen LogP contribution in [0.25, 0.3) is 10.1 Å². The van der Waals surface area contributed by atoms with Gasteiger partial charge in [0.05, 0.1) is 10.1 Å². The Morgan fingerprint density at radius 3 is 2.55 bits per heavy atom. The van der Waals surface area contributed by atoms with E-state index in [1.807, 2.05) is 54.3 Å². The van der Waals surface area contributed by atoms with Gasteiger partial charge in [-0.25, -0.2) is 0 Å². The van der Waals surface area contributed by atoms with Crippen LogP contribution in [0.4, 0.5) is 5.69 Å². The molecular formula is C22H24ClN3O2S. The van der Waals surface area contributed by atoms with E-state index in [-0.39, 0.29) is 11.5 Å². The third-order valence-electron chi connectivity index (χ3n) is 5.57. The molecule has 1 atom stereocenters. The van der Waals surface area contributed by atoms with Gasteiger partial charge >= 0.3 is 0 Å². The number of fused-ring (bicyclic) bond motifs is 1. The number of halogens is 1. The van der Waals surface area contributed by atoms with Crippen LogP contribution in [0.3, 0.4) is 0 Å². The van der Waals surface area contributed by atoms with E-state index in [2.05, 4.69) is 11.8 Å². The number of nitrogens with zero attached hydrogens (tertiary/aromatic N) is 3. The molecular weight excluding hydrogens is 406 g/mol. The molecule has 1 aliphatic rings. The summed E-state index contributed by atoms with van der Waals surface area (Å²) in [5.41, 5.74) is 2.23. The lowest BCUT2D eigenvalue weighted by Crippen LogP contribution is -2.51. The molecule has 1 aromatic heterocycles. The molecule has 1 amide bonds. The third-order valence-corrected chi connectivity index (χ3v) is 6.98. The highest BCUT2D eigenvalue weighted by molar-refractivity contribution is 7.14. The van der Waals surface area contributed by atoms with Gasteiger partial charge in [0.1, 0.15) is 6.04 Å². The van der Waals surface area contributed by atoms with E-state index in [9.17, 15) is 9.59 Å². The Morgan fingerprint density at radius 2 is 1.86 bits per heavy atom. The summed E-state index contributed by atoms with van der Waals surface area (Å²) in [4.78, 5) is 30.2. The third kappa shape index (κ3) is 3.79. The van der Waals surface area contributed by atoms with Gasteiger partial charge < -0.3 is 9.80 Å². The van der Waals surface area contributed by atoms with Crippen LogP contribution in [-0.2, 0) is 4.79 Å². The first kappa shape index (κ1) is 20.0. The van der Waals surface area contributed by atoms with E-state index in [4.69, 9.17) is 11.6 Å². The number of piperazine rings is 1. The summed E-state index contributed by atoms with van der Waals surface area (Å²) in [5.74, 6) is 0.0311. The first-order chi connectivity index (χ1) is 14.0. The number of benzene rings is 2. The molecule has 2 aromatic carbocycles. The molecule has 4 rings (SSSR count). The van der Waals surface area contributed by atoms with E-state index in [1.165, 1.54) is 17.1 Å². The van der Waals surface area contributed by atoms with Gasteiger partial charge in [-0.2, -0.15) is 0 Å². The van der Waals surface area contributed by atoms with Gasteiger partial charge in [-0.3, -0.25) is 13.5 Å². The van der Waals surface area contributed by atoms with Crippen molar-refractivity contribution in [3.8, 4) is 0 Å². The molecule has 29 heavy (non-hydrogen) atoms. The summed E-state index contributed by atoms with van der Waals surface area (Å²) in [7, 11) is 0. The Balaban J connectivity index is 1.51. The van der Waals surface area contributed by atoms with Crippen LogP contribution in [0.15, 0.2) is 47.3 Å². The average Bonchev–Trinajstić information content (AvgIpc) is 3.07. The molecule has 0 unspecified atom stereocenters. The first-order valence-corrected chi connectivity index (χ1v) is 11.0. The predicted octanol–water partition coefficient (Wildman–Crippen LogP) is 4.32. The summed E-state index contributed by atoms with van der Waals surface area (Å²) >= 11 is 7.55. The number of rotatable bonds is 4. The van der Waals surface area contributed by atoms with Gasteiger partial charge in [-0.1, -0.05) is 48.3 Å². The minimum atomic E-state index is -0.445. The number of hydrogen-bond acceptors (Lipinski definition) is 4. The normalized spacial score (nSPS) is 15.7. The van der Waals surface area contributed by atoms with Crippen molar-refractivity contribution in [2.45, 2.75) is 26.3 Å². The number of carbonyl (C=O) groups is 1. The average molecular weight is 430 g/mol. The van der Waals surface area contributed by atoms with Crippen LogP contribution in [0.2, 0.25) is 5.02 Å². The summed E-state index contributed by atoms with van der Waals surface area (Å²) in [6.07, 6.45) is 0.596. The van der Waals surface area contributed by atoms with Gasteiger partial charge in [0, 0.05) is 36.9 Å². The lowest BCUT2D eigenvalue weighted by molar-refractivity contribution is -0.135. The Morgan fingerprint density at radius 1 is 1.14 bits per heavy atom. The van der Waals surface area contributed by atoms with Crippen LogP contribution >= 0.6 is 23.1 Å².